The van der Waals surface area contributed by atoms with Gasteiger partial charge in [-0.3, -0.25) is 4.99 Å². The van der Waals surface area contributed by atoms with Crippen molar-refractivity contribution in [3.63, 3.8) is 0 Å². The van der Waals surface area contributed by atoms with Gasteiger partial charge in [0.15, 0.2) is 17.8 Å². The Morgan fingerprint density at radius 2 is 2.43 bits per heavy atom. The fraction of sp³-hybridized carbons (Fsp3) is 0.583. The van der Waals surface area contributed by atoms with Crippen LogP contribution in [0.15, 0.2) is 27.7 Å². The molecule has 1 unspecified atom stereocenters. The molecule has 0 aromatic heterocycles. The number of hydrazone groups is 1. The first-order valence-corrected chi connectivity index (χ1v) is 6.48. The van der Waals surface area contributed by atoms with Crippen LogP contribution in [0, 0.1) is 0 Å². The largest absolute Gasteiger partial charge is 0.393 e. The third kappa shape index (κ3) is 1.88. The smallest absolute Gasteiger partial charge is 0.188 e. The second kappa shape index (κ2) is 4.86. The molecule has 9 heteroatoms. The van der Waals surface area contributed by atoms with Crippen molar-refractivity contribution in [1.82, 2.24) is 5.01 Å². The summed E-state index contributed by atoms with van der Waals surface area (Å²) in [5, 5.41) is 24.9. The van der Waals surface area contributed by atoms with Crippen LogP contribution in [0.1, 0.15) is 0 Å². The van der Waals surface area contributed by atoms with E-state index in [1.807, 2.05) is 0 Å². The lowest BCUT2D eigenvalue weighted by atomic mass is 9.95. The minimum Gasteiger partial charge on any atom is -0.393 e. The molecular formula is C12H16FN5O3. The van der Waals surface area contributed by atoms with Gasteiger partial charge in [0.05, 0.1) is 13.2 Å². The molecule has 0 bridgehead atoms. The Bertz CT molecular complexity index is 551. The van der Waals surface area contributed by atoms with Crippen LogP contribution in [0.3, 0.4) is 0 Å². The first-order chi connectivity index (χ1) is 10.0. The number of alkyl halides is 1. The number of aliphatic hydroxyl groups is 2. The van der Waals surface area contributed by atoms with E-state index in [1.165, 1.54) is 17.4 Å². The van der Waals surface area contributed by atoms with Crippen LogP contribution < -0.4 is 5.73 Å². The molecule has 0 aromatic carbocycles. The molecule has 114 valence electrons. The van der Waals surface area contributed by atoms with E-state index in [-0.39, 0.29) is 12.4 Å². The van der Waals surface area contributed by atoms with Gasteiger partial charge in [0.2, 0.25) is 0 Å². The van der Waals surface area contributed by atoms with Gasteiger partial charge in [-0.15, -0.1) is 6.58 Å². The molecule has 1 fully saturated rings. The quantitative estimate of drug-likeness (QED) is 0.542. The Kier molecular flexibility index (Phi) is 3.27. The van der Waals surface area contributed by atoms with Gasteiger partial charge in [0.1, 0.15) is 30.2 Å². The number of hydrogen-bond donors (Lipinski definition) is 3. The molecule has 5 atom stereocenters. The zero-order chi connectivity index (χ0) is 15.2. The van der Waals surface area contributed by atoms with Crippen LogP contribution in [0.25, 0.3) is 0 Å². The molecule has 0 radical (unpaired) electrons. The summed E-state index contributed by atoms with van der Waals surface area (Å²) in [6.07, 6.45) is -1.76. The fourth-order valence-corrected chi connectivity index (χ4v) is 2.76. The summed E-state index contributed by atoms with van der Waals surface area (Å²) in [5.74, 6) is 0.548. The number of hydrogen-bond acceptors (Lipinski definition) is 8. The third-order valence-electron chi connectivity index (χ3n) is 4.00. The Hall–Kier alpha value is -1.84. The highest BCUT2D eigenvalue weighted by Gasteiger charge is 2.57. The fourth-order valence-electron chi connectivity index (χ4n) is 2.76. The molecule has 0 amide bonds. The van der Waals surface area contributed by atoms with Gasteiger partial charge >= 0.3 is 0 Å². The van der Waals surface area contributed by atoms with Gasteiger partial charge in [0.25, 0.3) is 0 Å². The lowest BCUT2D eigenvalue weighted by molar-refractivity contribution is -0.0890. The maximum Gasteiger partial charge on any atom is 0.188 e. The zero-order valence-corrected chi connectivity index (χ0v) is 11.1. The maximum absolute atomic E-state index is 14.4. The minimum absolute atomic E-state index is 0.193. The van der Waals surface area contributed by atoms with Crippen LogP contribution in [-0.4, -0.2) is 76.4 Å². The van der Waals surface area contributed by atoms with E-state index >= 15 is 0 Å². The van der Waals surface area contributed by atoms with Crippen molar-refractivity contribution in [3.05, 3.63) is 12.7 Å². The summed E-state index contributed by atoms with van der Waals surface area (Å²) in [6, 6.07) is -0.566. The number of halogens is 1. The van der Waals surface area contributed by atoms with Crippen molar-refractivity contribution in [2.75, 3.05) is 13.2 Å². The standard InChI is InChI=1S/C12H16FN5O3/c1-2-12(4-19)9(20)7(13)8(21-12)6-3-15-11-10(14)16-5-17-18(6)11/h2,5-9,19-20H,1,3-4H2,(H2,14,16,17)/t6?,7-,8-,9-,12+/m0/s1. The molecule has 3 aliphatic rings. The Morgan fingerprint density at radius 3 is 3.05 bits per heavy atom. The summed E-state index contributed by atoms with van der Waals surface area (Å²) in [5.41, 5.74) is 4.17. The van der Waals surface area contributed by atoms with Gasteiger partial charge in [0, 0.05) is 0 Å². The van der Waals surface area contributed by atoms with E-state index in [9.17, 15) is 14.6 Å². The van der Waals surface area contributed by atoms with Crippen molar-refractivity contribution >= 4 is 18.0 Å². The van der Waals surface area contributed by atoms with Gasteiger partial charge in [-0.1, -0.05) is 6.08 Å². The van der Waals surface area contributed by atoms with Gasteiger partial charge < -0.3 is 20.7 Å². The molecule has 1 saturated heterocycles. The van der Waals surface area contributed by atoms with Crippen molar-refractivity contribution in [1.29, 1.82) is 0 Å². The Balaban J connectivity index is 1.85. The van der Waals surface area contributed by atoms with Crippen molar-refractivity contribution in [3.8, 4) is 0 Å². The average Bonchev–Trinajstić information content (AvgIpc) is 3.02. The predicted molar refractivity (Wildman–Crippen MR) is 73.8 cm³/mol. The van der Waals surface area contributed by atoms with Gasteiger partial charge in [-0.25, -0.2) is 14.4 Å². The minimum atomic E-state index is -1.70. The van der Waals surface area contributed by atoms with E-state index < -0.39 is 36.6 Å². The summed E-state index contributed by atoms with van der Waals surface area (Å²) in [7, 11) is 0. The number of aliphatic hydroxyl groups excluding tert-OH is 2. The van der Waals surface area contributed by atoms with E-state index in [0.29, 0.717) is 5.84 Å². The SMILES string of the molecule is C=C[C@]1(CO)O[C@@H](C2CN=C3C(N)=NC=NN32)[C@H](F)[C@@H]1O. The van der Waals surface area contributed by atoms with E-state index in [4.69, 9.17) is 10.5 Å². The molecule has 3 aliphatic heterocycles. The van der Waals surface area contributed by atoms with Crippen LogP contribution in [0.4, 0.5) is 4.39 Å². The number of nitrogens with zero attached hydrogens (tertiary/aromatic N) is 4. The summed E-state index contributed by atoms with van der Waals surface area (Å²) in [4.78, 5) is 8.00. The van der Waals surface area contributed by atoms with E-state index in [1.54, 1.807) is 0 Å². The lowest BCUT2D eigenvalue weighted by Crippen LogP contribution is -2.49. The van der Waals surface area contributed by atoms with Crippen LogP contribution >= 0.6 is 0 Å². The predicted octanol–water partition coefficient (Wildman–Crippen LogP) is -1.60. The first-order valence-electron chi connectivity index (χ1n) is 6.48. The average molecular weight is 297 g/mol. The normalized spacial score (nSPS) is 41.8. The van der Waals surface area contributed by atoms with Crippen LogP contribution in [-0.2, 0) is 4.74 Å². The summed E-state index contributed by atoms with van der Waals surface area (Å²) < 4.78 is 20.0. The molecule has 21 heavy (non-hydrogen) atoms. The molecule has 0 aromatic rings. The van der Waals surface area contributed by atoms with Crippen LogP contribution in [0.2, 0.25) is 0 Å². The van der Waals surface area contributed by atoms with Crippen LogP contribution in [0.5, 0.6) is 0 Å². The second-order valence-corrected chi connectivity index (χ2v) is 5.11. The number of nitrogens with two attached hydrogens (primary N) is 1. The maximum atomic E-state index is 14.4. The topological polar surface area (TPSA) is 116 Å². The molecule has 0 saturated carbocycles. The number of aliphatic imine (C=N–C) groups is 2. The van der Waals surface area contributed by atoms with Crippen molar-refractivity contribution < 1.29 is 19.3 Å². The highest BCUT2D eigenvalue weighted by Crippen LogP contribution is 2.38. The molecule has 0 aliphatic carbocycles. The Labute approximate surface area is 120 Å². The zero-order valence-electron chi connectivity index (χ0n) is 11.1. The van der Waals surface area contributed by atoms with E-state index in [0.717, 1.165) is 0 Å². The Morgan fingerprint density at radius 1 is 1.67 bits per heavy atom. The van der Waals surface area contributed by atoms with Crippen molar-refractivity contribution in [2.24, 2.45) is 20.8 Å². The van der Waals surface area contributed by atoms with Crippen molar-refractivity contribution in [2.45, 2.75) is 30.0 Å². The molecular weight excluding hydrogens is 281 g/mol. The summed E-state index contributed by atoms with van der Waals surface area (Å²) in [6.45, 7) is 3.14. The molecule has 0 spiro atoms. The van der Waals surface area contributed by atoms with Gasteiger partial charge in [-0.2, -0.15) is 5.10 Å². The summed E-state index contributed by atoms with van der Waals surface area (Å²) >= 11 is 0. The molecule has 4 N–H and O–H groups in total. The lowest BCUT2D eigenvalue weighted by Gasteiger charge is -2.30. The van der Waals surface area contributed by atoms with Gasteiger partial charge in [-0.05, 0) is 0 Å². The monoisotopic (exact) mass is 297 g/mol. The number of amidine groups is 2. The highest BCUT2D eigenvalue weighted by molar-refractivity contribution is 6.41. The molecule has 3 heterocycles. The number of ether oxygens (including phenoxy) is 1. The number of fused-ring (bicyclic) bond motifs is 1. The third-order valence-corrected chi connectivity index (χ3v) is 4.00. The second-order valence-electron chi connectivity index (χ2n) is 5.11. The molecule has 3 rings (SSSR count). The van der Waals surface area contributed by atoms with E-state index in [2.05, 4.69) is 21.7 Å². The number of rotatable bonds is 3. The first kappa shape index (κ1) is 14.1. The highest BCUT2D eigenvalue weighted by atomic mass is 19.1. The molecule has 8 nitrogen and oxygen atoms in total.